The highest BCUT2D eigenvalue weighted by molar-refractivity contribution is 6.53. The van der Waals surface area contributed by atoms with Crippen molar-refractivity contribution >= 4 is 35.1 Å². The van der Waals surface area contributed by atoms with Gasteiger partial charge in [0.15, 0.2) is 4.84 Å². The molecular formula is C7H11Cl2NO3. The van der Waals surface area contributed by atoms with E-state index in [0.29, 0.717) is 6.42 Å². The van der Waals surface area contributed by atoms with Crippen LogP contribution in [0, 0.1) is 0 Å². The largest absolute Gasteiger partial charge is 0.481 e. The summed E-state index contributed by atoms with van der Waals surface area (Å²) in [5, 5.41) is 10.9. The molecule has 0 aromatic heterocycles. The van der Waals surface area contributed by atoms with Gasteiger partial charge in [0.25, 0.3) is 5.91 Å². The van der Waals surface area contributed by atoms with Crippen molar-refractivity contribution in [2.24, 2.45) is 0 Å². The fourth-order valence-electron chi connectivity index (χ4n) is 0.772. The maximum Gasteiger partial charge on any atom is 0.305 e. The van der Waals surface area contributed by atoms with E-state index in [9.17, 15) is 9.59 Å². The minimum absolute atomic E-state index is 0.122. The lowest BCUT2D eigenvalue weighted by Gasteiger charge is -2.14. The van der Waals surface area contributed by atoms with Crippen molar-refractivity contribution in [1.82, 2.24) is 5.32 Å². The van der Waals surface area contributed by atoms with E-state index in [2.05, 4.69) is 5.32 Å². The van der Waals surface area contributed by atoms with E-state index in [1.54, 1.807) is 6.92 Å². The topological polar surface area (TPSA) is 66.4 Å². The molecule has 76 valence electrons. The Hall–Kier alpha value is -0.480. The quantitative estimate of drug-likeness (QED) is 0.694. The van der Waals surface area contributed by atoms with Gasteiger partial charge < -0.3 is 10.4 Å². The van der Waals surface area contributed by atoms with Crippen molar-refractivity contribution in [2.45, 2.75) is 30.6 Å². The molecule has 13 heavy (non-hydrogen) atoms. The Kier molecular flexibility index (Phi) is 5.82. The molecule has 0 fully saturated rings. The van der Waals surface area contributed by atoms with E-state index in [-0.39, 0.29) is 6.42 Å². The number of aliphatic carboxylic acids is 1. The summed E-state index contributed by atoms with van der Waals surface area (Å²) in [6.45, 7) is 1.77. The number of rotatable bonds is 5. The van der Waals surface area contributed by atoms with Crippen molar-refractivity contribution in [1.29, 1.82) is 0 Å². The Morgan fingerprint density at radius 3 is 2.31 bits per heavy atom. The molecule has 1 amide bonds. The monoisotopic (exact) mass is 227 g/mol. The zero-order chi connectivity index (χ0) is 10.4. The van der Waals surface area contributed by atoms with Crippen LogP contribution in [0.3, 0.4) is 0 Å². The third-order valence-corrected chi connectivity index (χ3v) is 1.85. The molecule has 0 heterocycles. The van der Waals surface area contributed by atoms with Crippen LogP contribution < -0.4 is 5.32 Å². The average molecular weight is 228 g/mol. The highest BCUT2D eigenvalue weighted by Gasteiger charge is 2.17. The van der Waals surface area contributed by atoms with Crippen LogP contribution in [-0.4, -0.2) is 27.9 Å². The molecule has 0 bridgehead atoms. The molecule has 0 aromatic carbocycles. The van der Waals surface area contributed by atoms with Gasteiger partial charge in [0.05, 0.1) is 6.42 Å². The van der Waals surface area contributed by atoms with Crippen LogP contribution in [0.1, 0.15) is 19.8 Å². The first-order valence-corrected chi connectivity index (χ1v) is 4.65. The summed E-state index contributed by atoms with van der Waals surface area (Å²) in [7, 11) is 0. The summed E-state index contributed by atoms with van der Waals surface area (Å²) in [4.78, 5) is 20.1. The molecule has 0 aliphatic heterocycles. The van der Waals surface area contributed by atoms with Crippen LogP contribution in [0.4, 0.5) is 0 Å². The number of carboxylic acid groups (broad SMARTS) is 1. The van der Waals surface area contributed by atoms with Crippen molar-refractivity contribution in [2.75, 3.05) is 0 Å². The molecular weight excluding hydrogens is 217 g/mol. The van der Waals surface area contributed by atoms with Gasteiger partial charge in [-0.1, -0.05) is 30.1 Å². The highest BCUT2D eigenvalue weighted by Crippen LogP contribution is 2.04. The number of alkyl halides is 2. The van der Waals surface area contributed by atoms with Crippen molar-refractivity contribution in [3.05, 3.63) is 0 Å². The van der Waals surface area contributed by atoms with Gasteiger partial charge in [0, 0.05) is 6.04 Å². The van der Waals surface area contributed by atoms with E-state index < -0.39 is 22.8 Å². The third kappa shape index (κ3) is 5.71. The van der Waals surface area contributed by atoms with Crippen molar-refractivity contribution in [3.63, 3.8) is 0 Å². The molecule has 0 saturated heterocycles. The average Bonchev–Trinajstić information content (AvgIpc) is 2.02. The Balaban J connectivity index is 3.97. The van der Waals surface area contributed by atoms with Gasteiger partial charge >= 0.3 is 5.97 Å². The number of carbonyl (C=O) groups is 2. The molecule has 1 atom stereocenters. The van der Waals surface area contributed by atoms with Gasteiger partial charge in [-0.2, -0.15) is 0 Å². The van der Waals surface area contributed by atoms with Gasteiger partial charge in [-0.3, -0.25) is 9.59 Å². The standard InChI is InChI=1S/C7H11Cl2NO3/c1-2-4(3-5(11)12)10-7(13)6(8)9/h4,6H,2-3H2,1H3,(H,10,13)(H,11,12). The van der Waals surface area contributed by atoms with Crippen molar-refractivity contribution < 1.29 is 14.7 Å². The van der Waals surface area contributed by atoms with Crippen LogP contribution in [0.15, 0.2) is 0 Å². The summed E-state index contributed by atoms with van der Waals surface area (Å²) in [6, 6.07) is -0.412. The summed E-state index contributed by atoms with van der Waals surface area (Å²) in [6.07, 6.45) is 0.404. The summed E-state index contributed by atoms with van der Waals surface area (Å²) in [5.41, 5.74) is 0. The molecule has 0 spiro atoms. The predicted octanol–water partition coefficient (Wildman–Crippen LogP) is 1.16. The number of halogens is 2. The second-order valence-electron chi connectivity index (χ2n) is 2.51. The molecule has 6 heteroatoms. The predicted molar refractivity (Wildman–Crippen MR) is 50.0 cm³/mol. The molecule has 0 saturated carbocycles. The molecule has 0 aromatic rings. The Bertz CT molecular complexity index is 196. The van der Waals surface area contributed by atoms with E-state index in [1.165, 1.54) is 0 Å². The van der Waals surface area contributed by atoms with E-state index >= 15 is 0 Å². The zero-order valence-electron chi connectivity index (χ0n) is 7.09. The third-order valence-electron chi connectivity index (χ3n) is 1.46. The first-order valence-electron chi connectivity index (χ1n) is 3.77. The minimum Gasteiger partial charge on any atom is -0.481 e. The van der Waals surface area contributed by atoms with E-state index in [0.717, 1.165) is 0 Å². The summed E-state index contributed by atoms with van der Waals surface area (Å²) >= 11 is 10.5. The Morgan fingerprint density at radius 2 is 2.00 bits per heavy atom. The molecule has 4 nitrogen and oxygen atoms in total. The van der Waals surface area contributed by atoms with Gasteiger partial charge in [0.2, 0.25) is 0 Å². The van der Waals surface area contributed by atoms with Crippen LogP contribution in [0.25, 0.3) is 0 Å². The fraction of sp³-hybridized carbons (Fsp3) is 0.714. The zero-order valence-corrected chi connectivity index (χ0v) is 8.60. The molecule has 2 N–H and O–H groups in total. The Labute approximate surface area is 86.2 Å². The van der Waals surface area contributed by atoms with Gasteiger partial charge in [0.1, 0.15) is 0 Å². The lowest BCUT2D eigenvalue weighted by atomic mass is 10.1. The number of carboxylic acids is 1. The van der Waals surface area contributed by atoms with Crippen LogP contribution in [-0.2, 0) is 9.59 Å². The maximum absolute atomic E-state index is 10.9. The molecule has 0 aliphatic rings. The minimum atomic E-state index is -1.15. The van der Waals surface area contributed by atoms with Gasteiger partial charge in [-0.25, -0.2) is 0 Å². The lowest BCUT2D eigenvalue weighted by Crippen LogP contribution is -2.38. The number of carbonyl (C=O) groups excluding carboxylic acids is 1. The first kappa shape index (κ1) is 12.5. The smallest absolute Gasteiger partial charge is 0.305 e. The molecule has 0 radical (unpaired) electrons. The van der Waals surface area contributed by atoms with Gasteiger partial charge in [-0.05, 0) is 6.42 Å². The van der Waals surface area contributed by atoms with Crippen LogP contribution in [0.5, 0.6) is 0 Å². The highest BCUT2D eigenvalue weighted by atomic mass is 35.5. The lowest BCUT2D eigenvalue weighted by molar-refractivity contribution is -0.137. The van der Waals surface area contributed by atoms with E-state index in [4.69, 9.17) is 28.3 Å². The summed E-state index contributed by atoms with van der Waals surface area (Å²) in [5.74, 6) is -1.52. The fourth-order valence-corrected chi connectivity index (χ4v) is 0.898. The molecule has 0 rings (SSSR count). The van der Waals surface area contributed by atoms with Crippen molar-refractivity contribution in [3.8, 4) is 0 Å². The second kappa shape index (κ2) is 6.05. The number of amides is 1. The SMILES string of the molecule is CCC(CC(=O)O)NC(=O)C(Cl)Cl. The molecule has 0 aliphatic carbocycles. The Morgan fingerprint density at radius 1 is 1.46 bits per heavy atom. The normalized spacial score (nSPS) is 12.6. The number of hydrogen-bond acceptors (Lipinski definition) is 2. The van der Waals surface area contributed by atoms with Crippen LogP contribution in [0.2, 0.25) is 0 Å². The van der Waals surface area contributed by atoms with Gasteiger partial charge in [-0.15, -0.1) is 0 Å². The number of hydrogen-bond donors (Lipinski definition) is 2. The summed E-state index contributed by atoms with van der Waals surface area (Å²) < 4.78 is 0. The van der Waals surface area contributed by atoms with Crippen LogP contribution >= 0.6 is 23.2 Å². The molecule has 1 unspecified atom stereocenters. The van der Waals surface area contributed by atoms with E-state index in [1.807, 2.05) is 0 Å². The second-order valence-corrected chi connectivity index (χ2v) is 3.61. The number of nitrogens with one attached hydrogen (secondary N) is 1. The first-order chi connectivity index (χ1) is 5.97. The maximum atomic E-state index is 10.9.